The van der Waals surface area contributed by atoms with Crippen LogP contribution in [0.3, 0.4) is 0 Å². The highest BCUT2D eigenvalue weighted by Crippen LogP contribution is 2.44. The summed E-state index contributed by atoms with van der Waals surface area (Å²) in [6, 6.07) is 18.2. The van der Waals surface area contributed by atoms with Crippen LogP contribution in [0, 0.1) is 0 Å². The van der Waals surface area contributed by atoms with Crippen molar-refractivity contribution in [2.24, 2.45) is 0 Å². The maximum atomic E-state index is 13.7. The summed E-state index contributed by atoms with van der Waals surface area (Å²) in [5.41, 5.74) is 1.61. The molecule has 0 saturated heterocycles. The van der Waals surface area contributed by atoms with Gasteiger partial charge >= 0.3 is 0 Å². The number of phenols is 1. The molecule has 5 aromatic rings. The molecule has 0 fully saturated rings. The van der Waals surface area contributed by atoms with Crippen LogP contribution >= 0.6 is 11.3 Å². The first-order valence-electron chi connectivity index (χ1n) is 10.8. The number of ether oxygens (including phenoxy) is 1. The third kappa shape index (κ3) is 3.07. The smallest absolute Gasteiger partial charge is 0.297 e. The van der Waals surface area contributed by atoms with Crippen LogP contribution in [0.15, 0.2) is 75.9 Å². The summed E-state index contributed by atoms with van der Waals surface area (Å²) in [6.07, 6.45) is 0. The number of phenolic OH excluding ortho intramolecular Hbond substituents is 1. The minimum atomic E-state index is -0.789. The van der Waals surface area contributed by atoms with E-state index >= 15 is 0 Å². The molecule has 6 rings (SSSR count). The summed E-state index contributed by atoms with van der Waals surface area (Å²) >= 11 is 1.33. The molecule has 34 heavy (non-hydrogen) atoms. The molecular formula is C26H18N2O5S. The Morgan fingerprint density at radius 1 is 1.09 bits per heavy atom. The summed E-state index contributed by atoms with van der Waals surface area (Å²) in [5, 5.41) is 11.0. The lowest BCUT2D eigenvalue weighted by Crippen LogP contribution is -2.29. The molecule has 0 radical (unpaired) electrons. The number of carbonyl (C=O) groups is 1. The summed E-state index contributed by atoms with van der Waals surface area (Å²) in [7, 11) is 0. The molecule has 7 nitrogen and oxygen atoms in total. The number of carbonyl (C=O) groups excluding carboxylic acids is 1. The molecule has 3 heterocycles. The molecule has 0 saturated carbocycles. The van der Waals surface area contributed by atoms with Crippen LogP contribution in [0.25, 0.3) is 21.2 Å². The van der Waals surface area contributed by atoms with E-state index in [1.807, 2.05) is 25.1 Å². The van der Waals surface area contributed by atoms with Gasteiger partial charge in [0.05, 0.1) is 33.8 Å². The molecule has 0 bridgehead atoms. The fourth-order valence-electron chi connectivity index (χ4n) is 4.38. The molecule has 0 aliphatic carbocycles. The number of rotatable bonds is 4. The predicted octanol–water partition coefficient (Wildman–Crippen LogP) is 5.26. The summed E-state index contributed by atoms with van der Waals surface area (Å²) in [6.45, 7) is 2.45. The van der Waals surface area contributed by atoms with Crippen molar-refractivity contribution in [3.8, 4) is 11.5 Å². The topological polar surface area (TPSA) is 92.9 Å². The molecule has 0 unspecified atom stereocenters. The summed E-state index contributed by atoms with van der Waals surface area (Å²) in [5.74, 6) is 0.296. The molecule has 1 aliphatic heterocycles. The first-order chi connectivity index (χ1) is 16.5. The Morgan fingerprint density at radius 2 is 1.94 bits per heavy atom. The van der Waals surface area contributed by atoms with Crippen LogP contribution in [0.2, 0.25) is 0 Å². The lowest BCUT2D eigenvalue weighted by Gasteiger charge is -2.22. The second-order valence-electron chi connectivity index (χ2n) is 7.90. The zero-order valence-electron chi connectivity index (χ0n) is 18.0. The minimum absolute atomic E-state index is 0.00805. The number of hydrogen-bond acceptors (Lipinski definition) is 7. The fourth-order valence-corrected chi connectivity index (χ4v) is 5.40. The van der Waals surface area contributed by atoms with Crippen molar-refractivity contribution in [3.05, 3.63) is 93.8 Å². The van der Waals surface area contributed by atoms with Crippen LogP contribution in [0.1, 0.15) is 34.6 Å². The van der Waals surface area contributed by atoms with Gasteiger partial charge in [-0.25, -0.2) is 4.98 Å². The van der Waals surface area contributed by atoms with Crippen molar-refractivity contribution in [2.75, 3.05) is 11.5 Å². The van der Waals surface area contributed by atoms with Gasteiger partial charge in [0, 0.05) is 0 Å². The Balaban J connectivity index is 1.59. The minimum Gasteiger partial charge on any atom is -0.508 e. The van der Waals surface area contributed by atoms with Gasteiger partial charge in [-0.1, -0.05) is 35.6 Å². The zero-order valence-corrected chi connectivity index (χ0v) is 18.8. The first-order valence-corrected chi connectivity index (χ1v) is 11.6. The van der Waals surface area contributed by atoms with Gasteiger partial charge in [0.15, 0.2) is 10.6 Å². The molecule has 8 heteroatoms. The van der Waals surface area contributed by atoms with Crippen molar-refractivity contribution in [1.29, 1.82) is 0 Å². The molecule has 3 aromatic carbocycles. The maximum Gasteiger partial charge on any atom is 0.297 e. The zero-order chi connectivity index (χ0) is 23.4. The van der Waals surface area contributed by atoms with Crippen LogP contribution < -0.4 is 15.1 Å². The number of aromatic hydroxyl groups is 1. The molecular weight excluding hydrogens is 452 g/mol. The molecule has 2 aromatic heterocycles. The van der Waals surface area contributed by atoms with Crippen LogP contribution in [-0.2, 0) is 0 Å². The highest BCUT2D eigenvalue weighted by molar-refractivity contribution is 7.22. The summed E-state index contributed by atoms with van der Waals surface area (Å²) < 4.78 is 12.4. The SMILES string of the molecule is CCOc1ccc2nc(N3C(=O)c4oc5ccccc5c(=O)c4[C@H]3c3cccc(O)c3)sc2c1. The van der Waals surface area contributed by atoms with Crippen molar-refractivity contribution in [1.82, 2.24) is 4.98 Å². The van der Waals surface area contributed by atoms with Crippen molar-refractivity contribution in [2.45, 2.75) is 13.0 Å². The third-order valence-corrected chi connectivity index (χ3v) is 6.85. The monoisotopic (exact) mass is 470 g/mol. The molecule has 1 N–H and O–H groups in total. The highest BCUT2D eigenvalue weighted by atomic mass is 32.1. The molecule has 168 valence electrons. The Hall–Kier alpha value is -4.17. The largest absolute Gasteiger partial charge is 0.508 e. The number of hydrogen-bond donors (Lipinski definition) is 1. The lowest BCUT2D eigenvalue weighted by atomic mass is 9.98. The van der Waals surface area contributed by atoms with E-state index in [-0.39, 0.29) is 22.5 Å². The van der Waals surface area contributed by atoms with E-state index in [1.165, 1.54) is 16.2 Å². The van der Waals surface area contributed by atoms with Crippen LogP contribution in [0.4, 0.5) is 5.13 Å². The van der Waals surface area contributed by atoms with E-state index in [0.29, 0.717) is 39.5 Å². The second kappa shape index (κ2) is 7.71. The number of nitrogens with zero attached hydrogens (tertiary/aromatic N) is 2. The average Bonchev–Trinajstić information content (AvgIpc) is 3.38. The predicted molar refractivity (Wildman–Crippen MR) is 130 cm³/mol. The van der Waals surface area contributed by atoms with Gasteiger partial charge in [0.25, 0.3) is 5.91 Å². The average molecular weight is 471 g/mol. The van der Waals surface area contributed by atoms with E-state index in [2.05, 4.69) is 4.98 Å². The number of benzene rings is 3. The van der Waals surface area contributed by atoms with Crippen molar-refractivity contribution >= 4 is 43.6 Å². The number of aromatic nitrogens is 1. The molecule has 1 aliphatic rings. The van der Waals surface area contributed by atoms with E-state index in [4.69, 9.17) is 9.15 Å². The first kappa shape index (κ1) is 20.4. The van der Waals surface area contributed by atoms with Crippen molar-refractivity contribution in [3.63, 3.8) is 0 Å². The fraction of sp³-hybridized carbons (Fsp3) is 0.115. The van der Waals surface area contributed by atoms with Crippen LogP contribution in [-0.4, -0.2) is 22.6 Å². The van der Waals surface area contributed by atoms with Gasteiger partial charge in [-0.2, -0.15) is 0 Å². The van der Waals surface area contributed by atoms with Crippen LogP contribution in [0.5, 0.6) is 11.5 Å². The quantitative estimate of drug-likeness (QED) is 0.385. The normalized spacial score (nSPS) is 15.3. The van der Waals surface area contributed by atoms with E-state index < -0.39 is 11.9 Å². The Labute approximate surface area is 197 Å². The number of para-hydroxylation sites is 1. The van der Waals surface area contributed by atoms with Gasteiger partial charge < -0.3 is 14.3 Å². The van der Waals surface area contributed by atoms with Gasteiger partial charge in [0.2, 0.25) is 5.76 Å². The van der Waals surface area contributed by atoms with Gasteiger partial charge in [-0.05, 0) is 55.0 Å². The number of fused-ring (bicyclic) bond motifs is 3. The number of anilines is 1. The second-order valence-corrected chi connectivity index (χ2v) is 8.91. The van der Waals surface area contributed by atoms with Gasteiger partial charge in [-0.15, -0.1) is 0 Å². The van der Waals surface area contributed by atoms with E-state index in [1.54, 1.807) is 48.5 Å². The highest BCUT2D eigenvalue weighted by Gasteiger charge is 2.45. The molecule has 0 spiro atoms. The van der Waals surface area contributed by atoms with Gasteiger partial charge in [-0.3, -0.25) is 14.5 Å². The lowest BCUT2D eigenvalue weighted by molar-refractivity contribution is 0.0971. The van der Waals surface area contributed by atoms with Crippen molar-refractivity contribution < 1.29 is 19.1 Å². The Kier molecular flexibility index (Phi) is 4.63. The maximum absolute atomic E-state index is 13.7. The Morgan fingerprint density at radius 3 is 2.76 bits per heavy atom. The number of amides is 1. The van der Waals surface area contributed by atoms with E-state index in [0.717, 1.165) is 4.70 Å². The molecule has 1 atom stereocenters. The summed E-state index contributed by atoms with van der Waals surface area (Å²) in [4.78, 5) is 33.4. The Bertz CT molecular complexity index is 1650. The number of thiazole rings is 1. The third-order valence-electron chi connectivity index (χ3n) is 5.83. The molecule has 1 amide bonds. The standard InChI is InChI=1S/C26H18N2O5S/c1-2-32-16-10-11-18-20(13-16)34-26(27-18)28-22(14-6-5-7-15(29)12-14)21-23(30)17-8-3-4-9-19(17)33-24(21)25(28)31/h3-13,22,29H,2H2,1H3/t22-/m1/s1. The van der Waals surface area contributed by atoms with Gasteiger partial charge in [0.1, 0.15) is 17.1 Å². The van der Waals surface area contributed by atoms with E-state index in [9.17, 15) is 14.7 Å².